The second-order valence-corrected chi connectivity index (χ2v) is 3.34. The van der Waals surface area contributed by atoms with Gasteiger partial charge in [0.05, 0.1) is 0 Å². The first-order valence-electron chi connectivity index (χ1n) is 4.59. The molecule has 0 aromatic carbocycles. The van der Waals surface area contributed by atoms with Crippen LogP contribution in [0.2, 0.25) is 0 Å². The molecular weight excluding hydrogens is 122 g/mol. The van der Waals surface area contributed by atoms with Crippen molar-refractivity contribution in [2.45, 2.75) is 33.1 Å². The molecule has 0 N–H and O–H groups in total. The summed E-state index contributed by atoms with van der Waals surface area (Å²) in [6, 6.07) is 0. The Kier molecular flexibility index (Phi) is 3.20. The molecular formula is C9H19N. The van der Waals surface area contributed by atoms with E-state index in [9.17, 15) is 0 Å². The first kappa shape index (κ1) is 8.06. The molecule has 1 heteroatoms. The van der Waals surface area contributed by atoms with Gasteiger partial charge in [-0.05, 0) is 31.8 Å². The van der Waals surface area contributed by atoms with Crippen LogP contribution in [0.25, 0.3) is 0 Å². The van der Waals surface area contributed by atoms with Crippen LogP contribution in [0.1, 0.15) is 33.1 Å². The van der Waals surface area contributed by atoms with Crippen molar-refractivity contribution in [1.29, 1.82) is 0 Å². The van der Waals surface area contributed by atoms with Gasteiger partial charge in [-0.15, -0.1) is 0 Å². The molecule has 10 heavy (non-hydrogen) atoms. The number of hydrogen-bond donors (Lipinski definition) is 0. The van der Waals surface area contributed by atoms with E-state index >= 15 is 0 Å². The van der Waals surface area contributed by atoms with Crippen LogP contribution in [-0.4, -0.2) is 24.5 Å². The SMILES string of the molecule is CCC[C@H]1CCN(CC)C1. The molecule has 0 aromatic rings. The van der Waals surface area contributed by atoms with E-state index in [0.29, 0.717) is 0 Å². The zero-order valence-electron chi connectivity index (χ0n) is 7.27. The molecule has 1 aliphatic rings. The number of hydrogen-bond acceptors (Lipinski definition) is 1. The van der Waals surface area contributed by atoms with Gasteiger partial charge in [0.2, 0.25) is 0 Å². The van der Waals surface area contributed by atoms with Gasteiger partial charge in [0.25, 0.3) is 0 Å². The molecule has 0 spiro atoms. The molecule has 1 rings (SSSR count). The monoisotopic (exact) mass is 141 g/mol. The zero-order valence-corrected chi connectivity index (χ0v) is 7.27. The highest BCUT2D eigenvalue weighted by molar-refractivity contribution is 4.73. The van der Waals surface area contributed by atoms with E-state index in [1.165, 1.54) is 38.9 Å². The maximum atomic E-state index is 2.56. The Morgan fingerprint density at radius 1 is 1.40 bits per heavy atom. The Morgan fingerprint density at radius 2 is 2.20 bits per heavy atom. The standard InChI is InChI=1S/C9H19N/c1-3-5-9-6-7-10(4-2)8-9/h9H,3-8H2,1-2H3/t9-/m0/s1. The lowest BCUT2D eigenvalue weighted by Crippen LogP contribution is -2.19. The summed E-state index contributed by atoms with van der Waals surface area (Å²) >= 11 is 0. The lowest BCUT2D eigenvalue weighted by atomic mass is 10.0. The van der Waals surface area contributed by atoms with Crippen molar-refractivity contribution in [3.63, 3.8) is 0 Å². The van der Waals surface area contributed by atoms with Crippen LogP contribution in [0, 0.1) is 5.92 Å². The fraction of sp³-hybridized carbons (Fsp3) is 1.00. The molecule has 0 aromatic heterocycles. The molecule has 1 saturated heterocycles. The van der Waals surface area contributed by atoms with E-state index in [1.54, 1.807) is 0 Å². The fourth-order valence-corrected chi connectivity index (χ4v) is 1.84. The normalized spacial score (nSPS) is 27.6. The maximum Gasteiger partial charge on any atom is 0.00100 e. The molecule has 1 fully saturated rings. The quantitative estimate of drug-likeness (QED) is 0.582. The Bertz CT molecular complexity index is 90.7. The average Bonchev–Trinajstić information content (AvgIpc) is 2.37. The van der Waals surface area contributed by atoms with Crippen LogP contribution in [-0.2, 0) is 0 Å². The van der Waals surface area contributed by atoms with Gasteiger partial charge in [0.1, 0.15) is 0 Å². The van der Waals surface area contributed by atoms with Gasteiger partial charge in [-0.1, -0.05) is 20.3 Å². The summed E-state index contributed by atoms with van der Waals surface area (Å²) < 4.78 is 0. The first-order valence-corrected chi connectivity index (χ1v) is 4.59. The molecule has 0 radical (unpaired) electrons. The van der Waals surface area contributed by atoms with E-state index < -0.39 is 0 Å². The summed E-state index contributed by atoms with van der Waals surface area (Å²) in [7, 11) is 0. The molecule has 1 aliphatic heterocycles. The molecule has 0 saturated carbocycles. The van der Waals surface area contributed by atoms with Crippen molar-refractivity contribution in [3.05, 3.63) is 0 Å². The third-order valence-electron chi connectivity index (χ3n) is 2.51. The summed E-state index contributed by atoms with van der Waals surface area (Å²) in [5, 5.41) is 0. The van der Waals surface area contributed by atoms with Crippen molar-refractivity contribution in [2.75, 3.05) is 19.6 Å². The summed E-state index contributed by atoms with van der Waals surface area (Å²) in [5.74, 6) is 1.02. The molecule has 0 aliphatic carbocycles. The molecule has 60 valence electrons. The lowest BCUT2D eigenvalue weighted by molar-refractivity contribution is 0.337. The molecule has 1 nitrogen and oxygen atoms in total. The highest BCUT2D eigenvalue weighted by Gasteiger charge is 2.19. The van der Waals surface area contributed by atoms with Crippen molar-refractivity contribution in [3.8, 4) is 0 Å². The molecule has 1 heterocycles. The van der Waals surface area contributed by atoms with Gasteiger partial charge in [0, 0.05) is 6.54 Å². The molecule has 0 unspecified atom stereocenters. The van der Waals surface area contributed by atoms with Crippen LogP contribution in [0.4, 0.5) is 0 Å². The number of rotatable bonds is 3. The maximum absolute atomic E-state index is 2.56. The van der Waals surface area contributed by atoms with Gasteiger partial charge >= 0.3 is 0 Å². The van der Waals surface area contributed by atoms with Gasteiger partial charge in [-0.2, -0.15) is 0 Å². The molecule has 1 atom stereocenters. The van der Waals surface area contributed by atoms with Crippen molar-refractivity contribution >= 4 is 0 Å². The minimum absolute atomic E-state index is 1.02. The van der Waals surface area contributed by atoms with Gasteiger partial charge < -0.3 is 4.90 Å². The Morgan fingerprint density at radius 3 is 2.70 bits per heavy atom. The largest absolute Gasteiger partial charge is 0.303 e. The van der Waals surface area contributed by atoms with Crippen LogP contribution in [0.3, 0.4) is 0 Å². The second-order valence-electron chi connectivity index (χ2n) is 3.34. The highest BCUT2D eigenvalue weighted by atomic mass is 15.1. The smallest absolute Gasteiger partial charge is 0.00100 e. The summed E-state index contributed by atoms with van der Waals surface area (Å²) in [6.07, 6.45) is 4.25. The van der Waals surface area contributed by atoms with E-state index in [0.717, 1.165) is 5.92 Å². The summed E-state index contributed by atoms with van der Waals surface area (Å²) in [6.45, 7) is 8.51. The average molecular weight is 141 g/mol. The third-order valence-corrected chi connectivity index (χ3v) is 2.51. The van der Waals surface area contributed by atoms with Gasteiger partial charge in [0.15, 0.2) is 0 Å². The summed E-state index contributed by atoms with van der Waals surface area (Å²) in [4.78, 5) is 2.56. The van der Waals surface area contributed by atoms with Crippen LogP contribution in [0.5, 0.6) is 0 Å². The predicted octanol–water partition coefficient (Wildman–Crippen LogP) is 2.13. The Labute approximate surface area is 64.4 Å². The number of likely N-dealkylation sites (tertiary alicyclic amines) is 1. The zero-order chi connectivity index (χ0) is 7.40. The van der Waals surface area contributed by atoms with Crippen LogP contribution in [0.15, 0.2) is 0 Å². The lowest BCUT2D eigenvalue weighted by Gasteiger charge is -2.11. The first-order chi connectivity index (χ1) is 4.86. The van der Waals surface area contributed by atoms with Crippen LogP contribution >= 0.6 is 0 Å². The second kappa shape index (κ2) is 3.97. The fourth-order valence-electron chi connectivity index (χ4n) is 1.84. The van der Waals surface area contributed by atoms with E-state index in [-0.39, 0.29) is 0 Å². The van der Waals surface area contributed by atoms with E-state index in [4.69, 9.17) is 0 Å². The molecule has 0 amide bonds. The van der Waals surface area contributed by atoms with Crippen molar-refractivity contribution in [2.24, 2.45) is 5.92 Å². The minimum atomic E-state index is 1.02. The Balaban J connectivity index is 2.15. The topological polar surface area (TPSA) is 3.24 Å². The van der Waals surface area contributed by atoms with E-state index in [2.05, 4.69) is 18.7 Å². The van der Waals surface area contributed by atoms with E-state index in [1.807, 2.05) is 0 Å². The van der Waals surface area contributed by atoms with Gasteiger partial charge in [-0.3, -0.25) is 0 Å². The predicted molar refractivity (Wildman–Crippen MR) is 45.1 cm³/mol. The highest BCUT2D eigenvalue weighted by Crippen LogP contribution is 2.19. The summed E-state index contributed by atoms with van der Waals surface area (Å²) in [5.41, 5.74) is 0. The third kappa shape index (κ3) is 1.98. The number of nitrogens with zero attached hydrogens (tertiary/aromatic N) is 1. The molecule has 0 bridgehead atoms. The Hall–Kier alpha value is -0.0400. The van der Waals surface area contributed by atoms with Crippen molar-refractivity contribution in [1.82, 2.24) is 4.90 Å². The minimum Gasteiger partial charge on any atom is -0.303 e. The van der Waals surface area contributed by atoms with Crippen LogP contribution < -0.4 is 0 Å². The van der Waals surface area contributed by atoms with Crippen molar-refractivity contribution < 1.29 is 0 Å². The van der Waals surface area contributed by atoms with Gasteiger partial charge in [-0.25, -0.2) is 0 Å².